The summed E-state index contributed by atoms with van der Waals surface area (Å²) in [4.78, 5) is 46.2. The number of imide groups is 1. The molecule has 1 fully saturated rings. The van der Waals surface area contributed by atoms with Crippen molar-refractivity contribution in [3.05, 3.63) is 0 Å². The first-order chi connectivity index (χ1) is 11.4. The zero-order valence-electron chi connectivity index (χ0n) is 14.4. The number of amides is 4. The van der Waals surface area contributed by atoms with Gasteiger partial charge in [0.05, 0.1) is 0 Å². The number of esters is 1. The number of carbonyl (C=O) groups is 4. The third-order valence-electron chi connectivity index (χ3n) is 3.67. The number of ether oxygens (including phenoxy) is 1. The van der Waals surface area contributed by atoms with Gasteiger partial charge in [0.25, 0.3) is 5.91 Å². The van der Waals surface area contributed by atoms with Gasteiger partial charge >= 0.3 is 12.0 Å². The highest BCUT2D eigenvalue weighted by Gasteiger charge is 2.21. The number of nitrogens with one attached hydrogen (secondary N) is 3. The van der Waals surface area contributed by atoms with Crippen LogP contribution in [0.1, 0.15) is 46.0 Å². The van der Waals surface area contributed by atoms with Crippen molar-refractivity contribution in [3.8, 4) is 0 Å². The van der Waals surface area contributed by atoms with E-state index in [0.29, 0.717) is 6.54 Å². The van der Waals surface area contributed by atoms with Crippen LogP contribution in [0.3, 0.4) is 0 Å². The molecule has 8 heteroatoms. The summed E-state index contributed by atoms with van der Waals surface area (Å²) in [6.45, 7) is 3.44. The van der Waals surface area contributed by atoms with Crippen molar-refractivity contribution in [2.75, 3.05) is 19.7 Å². The van der Waals surface area contributed by atoms with Crippen LogP contribution < -0.4 is 16.0 Å². The predicted molar refractivity (Wildman–Crippen MR) is 86.9 cm³/mol. The van der Waals surface area contributed by atoms with Crippen LogP contribution in [0.25, 0.3) is 0 Å². The maximum Gasteiger partial charge on any atom is 0.325 e. The van der Waals surface area contributed by atoms with Crippen LogP contribution in [0.2, 0.25) is 0 Å². The number of hydrogen-bond acceptors (Lipinski definition) is 5. The molecule has 0 aromatic carbocycles. The summed E-state index contributed by atoms with van der Waals surface area (Å²) in [5, 5.41) is 7.09. The Kier molecular flexibility index (Phi) is 8.81. The maximum absolute atomic E-state index is 11.9. The topological polar surface area (TPSA) is 114 Å². The zero-order chi connectivity index (χ0) is 17.9. The second-order valence-electron chi connectivity index (χ2n) is 6.37. The Morgan fingerprint density at radius 1 is 1.04 bits per heavy atom. The first-order valence-electron chi connectivity index (χ1n) is 8.39. The Labute approximate surface area is 142 Å². The normalized spacial score (nSPS) is 14.8. The fourth-order valence-electron chi connectivity index (χ4n) is 2.37. The monoisotopic (exact) mass is 341 g/mol. The third-order valence-corrected chi connectivity index (χ3v) is 3.67. The Morgan fingerprint density at radius 3 is 2.33 bits per heavy atom. The van der Waals surface area contributed by atoms with E-state index in [1.807, 2.05) is 13.8 Å². The van der Waals surface area contributed by atoms with E-state index in [0.717, 1.165) is 32.1 Å². The molecule has 0 atom stereocenters. The van der Waals surface area contributed by atoms with E-state index in [-0.39, 0.29) is 24.3 Å². The lowest BCUT2D eigenvalue weighted by atomic mass is 9.89. The van der Waals surface area contributed by atoms with Gasteiger partial charge in [-0.2, -0.15) is 0 Å². The highest BCUT2D eigenvalue weighted by atomic mass is 16.5. The number of rotatable bonds is 7. The summed E-state index contributed by atoms with van der Waals surface area (Å²) in [5.74, 6) is -1.36. The van der Waals surface area contributed by atoms with Crippen molar-refractivity contribution in [2.24, 2.45) is 11.8 Å². The van der Waals surface area contributed by atoms with Crippen molar-refractivity contribution in [1.82, 2.24) is 16.0 Å². The quantitative estimate of drug-likeness (QED) is 0.590. The molecule has 1 aliphatic rings. The average Bonchev–Trinajstić information content (AvgIpc) is 2.56. The van der Waals surface area contributed by atoms with Gasteiger partial charge in [-0.25, -0.2) is 4.79 Å². The summed E-state index contributed by atoms with van der Waals surface area (Å²) in [7, 11) is 0. The molecule has 0 heterocycles. The largest absolute Gasteiger partial charge is 0.454 e. The summed E-state index contributed by atoms with van der Waals surface area (Å²) in [6.07, 6.45) is 4.89. The lowest BCUT2D eigenvalue weighted by molar-refractivity contribution is -0.148. The fourth-order valence-corrected chi connectivity index (χ4v) is 2.37. The highest BCUT2D eigenvalue weighted by molar-refractivity contribution is 5.95. The van der Waals surface area contributed by atoms with E-state index in [1.54, 1.807) is 0 Å². The van der Waals surface area contributed by atoms with Crippen LogP contribution in [0.4, 0.5) is 4.79 Å². The number of carbonyl (C=O) groups excluding carboxylic acids is 4. The number of hydrogen-bond donors (Lipinski definition) is 3. The van der Waals surface area contributed by atoms with Gasteiger partial charge in [0.2, 0.25) is 5.91 Å². The summed E-state index contributed by atoms with van der Waals surface area (Å²) >= 11 is 0. The molecule has 0 saturated heterocycles. The molecule has 0 aliphatic heterocycles. The molecule has 0 bridgehead atoms. The van der Waals surface area contributed by atoms with E-state index in [4.69, 9.17) is 4.74 Å². The standard InChI is InChI=1S/C16H27N3O5/c1-11(2)8-18-16(23)19-13(20)10-24-14(21)9-17-15(22)12-6-4-3-5-7-12/h11-12H,3-10H2,1-2H3,(H,17,22)(H2,18,19,20,23). The van der Waals surface area contributed by atoms with Crippen molar-refractivity contribution >= 4 is 23.8 Å². The fraction of sp³-hybridized carbons (Fsp3) is 0.750. The van der Waals surface area contributed by atoms with Gasteiger partial charge in [-0.15, -0.1) is 0 Å². The molecule has 0 aromatic rings. The van der Waals surface area contributed by atoms with Crippen LogP contribution >= 0.6 is 0 Å². The first-order valence-corrected chi connectivity index (χ1v) is 8.39. The molecular weight excluding hydrogens is 314 g/mol. The van der Waals surface area contributed by atoms with E-state index < -0.39 is 24.5 Å². The minimum Gasteiger partial charge on any atom is -0.454 e. The molecule has 0 radical (unpaired) electrons. The molecule has 136 valence electrons. The zero-order valence-corrected chi connectivity index (χ0v) is 14.4. The van der Waals surface area contributed by atoms with Crippen LogP contribution in [0, 0.1) is 11.8 Å². The minimum absolute atomic E-state index is 0.0421. The molecule has 4 amide bonds. The molecule has 8 nitrogen and oxygen atoms in total. The average molecular weight is 341 g/mol. The molecule has 24 heavy (non-hydrogen) atoms. The molecular formula is C16H27N3O5. The Balaban J connectivity index is 2.15. The molecule has 0 unspecified atom stereocenters. The second kappa shape index (κ2) is 10.6. The van der Waals surface area contributed by atoms with Crippen molar-refractivity contribution in [1.29, 1.82) is 0 Å². The van der Waals surface area contributed by atoms with E-state index in [9.17, 15) is 19.2 Å². The Hall–Kier alpha value is -2.12. The van der Waals surface area contributed by atoms with Crippen LogP contribution in [0.15, 0.2) is 0 Å². The van der Waals surface area contributed by atoms with Gasteiger partial charge in [0, 0.05) is 12.5 Å². The number of urea groups is 1. The summed E-state index contributed by atoms with van der Waals surface area (Å²) in [6, 6.07) is -0.629. The van der Waals surface area contributed by atoms with Gasteiger partial charge in [-0.3, -0.25) is 19.7 Å². The van der Waals surface area contributed by atoms with Crippen molar-refractivity contribution in [3.63, 3.8) is 0 Å². The van der Waals surface area contributed by atoms with E-state index in [1.165, 1.54) is 0 Å². The van der Waals surface area contributed by atoms with Crippen LogP contribution in [-0.2, 0) is 19.1 Å². The Bertz CT molecular complexity index is 459. The molecule has 1 saturated carbocycles. The van der Waals surface area contributed by atoms with Crippen molar-refractivity contribution in [2.45, 2.75) is 46.0 Å². The van der Waals surface area contributed by atoms with Crippen LogP contribution in [0.5, 0.6) is 0 Å². The van der Waals surface area contributed by atoms with E-state index >= 15 is 0 Å². The first kappa shape index (κ1) is 19.9. The van der Waals surface area contributed by atoms with Gasteiger partial charge in [0.1, 0.15) is 6.54 Å². The minimum atomic E-state index is -0.719. The summed E-state index contributed by atoms with van der Waals surface area (Å²) < 4.78 is 4.72. The lowest BCUT2D eigenvalue weighted by Gasteiger charge is -2.20. The molecule has 1 aliphatic carbocycles. The summed E-state index contributed by atoms with van der Waals surface area (Å²) in [5.41, 5.74) is 0. The van der Waals surface area contributed by atoms with Gasteiger partial charge in [-0.1, -0.05) is 33.1 Å². The Morgan fingerprint density at radius 2 is 1.71 bits per heavy atom. The molecule has 0 spiro atoms. The molecule has 0 aromatic heterocycles. The predicted octanol–water partition coefficient (Wildman–Crippen LogP) is 0.708. The van der Waals surface area contributed by atoms with Gasteiger partial charge < -0.3 is 15.4 Å². The van der Waals surface area contributed by atoms with Crippen molar-refractivity contribution < 1.29 is 23.9 Å². The highest BCUT2D eigenvalue weighted by Crippen LogP contribution is 2.23. The SMILES string of the molecule is CC(C)CNC(=O)NC(=O)COC(=O)CNC(=O)C1CCCCC1. The van der Waals surface area contributed by atoms with E-state index in [2.05, 4.69) is 16.0 Å². The maximum atomic E-state index is 11.9. The van der Waals surface area contributed by atoms with Gasteiger partial charge in [-0.05, 0) is 18.8 Å². The van der Waals surface area contributed by atoms with Gasteiger partial charge in [0.15, 0.2) is 6.61 Å². The smallest absolute Gasteiger partial charge is 0.325 e. The second-order valence-corrected chi connectivity index (χ2v) is 6.37. The molecule has 3 N–H and O–H groups in total. The lowest BCUT2D eigenvalue weighted by Crippen LogP contribution is -2.43. The van der Waals surface area contributed by atoms with Crippen LogP contribution in [-0.4, -0.2) is 43.5 Å². The molecule has 1 rings (SSSR count). The third kappa shape index (κ3) is 8.50.